The Morgan fingerprint density at radius 3 is 2.42 bits per heavy atom. The van der Waals surface area contributed by atoms with Gasteiger partial charge in [-0.3, -0.25) is 9.10 Å². The highest BCUT2D eigenvalue weighted by Crippen LogP contribution is 2.28. The fourth-order valence-corrected chi connectivity index (χ4v) is 3.67. The maximum Gasteiger partial charge on any atom is 0.241 e. The molecule has 0 bridgehead atoms. The van der Waals surface area contributed by atoms with Crippen molar-refractivity contribution in [3.8, 4) is 0 Å². The molecule has 2 aromatic rings. The lowest BCUT2D eigenvalue weighted by molar-refractivity contribution is -0.119. The zero-order valence-electron chi connectivity index (χ0n) is 15.7. The van der Waals surface area contributed by atoms with Crippen LogP contribution in [0.3, 0.4) is 0 Å². The molecule has 2 rings (SSSR count). The molecule has 1 amide bonds. The second kappa shape index (κ2) is 8.36. The zero-order chi connectivity index (χ0) is 19.3. The summed E-state index contributed by atoms with van der Waals surface area (Å²) < 4.78 is 25.8. The van der Waals surface area contributed by atoms with E-state index in [4.69, 9.17) is 0 Å². The normalized spacial score (nSPS) is 11.4. The maximum atomic E-state index is 12.4. The molecule has 140 valence electrons. The van der Waals surface area contributed by atoms with Gasteiger partial charge in [0.2, 0.25) is 15.9 Å². The van der Waals surface area contributed by atoms with Gasteiger partial charge < -0.3 is 5.32 Å². The lowest BCUT2D eigenvalue weighted by atomic mass is 10.0. The van der Waals surface area contributed by atoms with Crippen molar-refractivity contribution in [2.45, 2.75) is 33.2 Å². The molecule has 0 radical (unpaired) electrons. The Balaban J connectivity index is 2.18. The van der Waals surface area contributed by atoms with E-state index in [1.54, 1.807) is 12.1 Å². The fourth-order valence-electron chi connectivity index (χ4n) is 2.79. The number of nitrogens with one attached hydrogen (secondary N) is 1. The number of hydrogen-bond acceptors (Lipinski definition) is 3. The first-order chi connectivity index (χ1) is 12.2. The highest BCUT2D eigenvalue weighted by atomic mass is 32.2. The fraction of sp³-hybridized carbons (Fsp3) is 0.350. The third kappa shape index (κ3) is 5.33. The quantitative estimate of drug-likeness (QED) is 0.809. The average molecular weight is 375 g/mol. The second-order valence-electron chi connectivity index (χ2n) is 6.75. The Labute approximate surface area is 156 Å². The van der Waals surface area contributed by atoms with Crippen molar-refractivity contribution in [1.29, 1.82) is 0 Å². The van der Waals surface area contributed by atoms with E-state index in [0.717, 1.165) is 22.9 Å². The standard InChI is InChI=1S/C20H26N2O3S/c1-15(2)18-10-5-6-11-19(18)22(26(4,24)25)14-20(23)21-13-17-9-7-8-16(3)12-17/h5-12,15H,13-14H2,1-4H3,(H,21,23). The van der Waals surface area contributed by atoms with Gasteiger partial charge in [-0.15, -0.1) is 0 Å². The van der Waals surface area contributed by atoms with E-state index in [1.807, 2.05) is 57.2 Å². The molecule has 0 unspecified atom stereocenters. The molecule has 0 saturated heterocycles. The molecule has 0 aliphatic rings. The van der Waals surface area contributed by atoms with Gasteiger partial charge in [0.15, 0.2) is 0 Å². The Hall–Kier alpha value is -2.34. The van der Waals surface area contributed by atoms with Crippen LogP contribution in [-0.4, -0.2) is 27.1 Å². The van der Waals surface area contributed by atoms with E-state index < -0.39 is 10.0 Å². The smallest absolute Gasteiger partial charge is 0.241 e. The number of carbonyl (C=O) groups excluding carboxylic acids is 1. The molecule has 1 N–H and O–H groups in total. The van der Waals surface area contributed by atoms with Crippen LogP contribution in [0.5, 0.6) is 0 Å². The van der Waals surface area contributed by atoms with Crippen molar-refractivity contribution in [1.82, 2.24) is 5.32 Å². The lowest BCUT2D eigenvalue weighted by Gasteiger charge is -2.25. The average Bonchev–Trinajstić information content (AvgIpc) is 2.57. The Morgan fingerprint density at radius 2 is 1.81 bits per heavy atom. The Bertz CT molecular complexity index is 876. The van der Waals surface area contributed by atoms with Gasteiger partial charge in [0.05, 0.1) is 11.9 Å². The summed E-state index contributed by atoms with van der Waals surface area (Å²) in [7, 11) is -3.59. The van der Waals surface area contributed by atoms with Gasteiger partial charge in [-0.05, 0) is 30.0 Å². The number of para-hydroxylation sites is 1. The van der Waals surface area contributed by atoms with Gasteiger partial charge in [0.1, 0.15) is 6.54 Å². The number of amides is 1. The molecule has 0 spiro atoms. The number of aryl methyl sites for hydroxylation is 1. The third-order valence-corrected chi connectivity index (χ3v) is 5.21. The van der Waals surface area contributed by atoms with Crippen LogP contribution in [0.15, 0.2) is 48.5 Å². The first-order valence-corrected chi connectivity index (χ1v) is 10.4. The minimum absolute atomic E-state index is 0.144. The van der Waals surface area contributed by atoms with Crippen LogP contribution in [0.2, 0.25) is 0 Å². The minimum Gasteiger partial charge on any atom is -0.350 e. The summed E-state index contributed by atoms with van der Waals surface area (Å²) in [6.07, 6.45) is 1.12. The SMILES string of the molecule is Cc1cccc(CNC(=O)CN(c2ccccc2C(C)C)S(C)(=O)=O)c1. The van der Waals surface area contributed by atoms with Gasteiger partial charge in [-0.2, -0.15) is 0 Å². The van der Waals surface area contributed by atoms with Gasteiger partial charge in [-0.25, -0.2) is 8.42 Å². The van der Waals surface area contributed by atoms with Crippen LogP contribution >= 0.6 is 0 Å². The van der Waals surface area contributed by atoms with Gasteiger partial charge in [-0.1, -0.05) is 61.9 Å². The monoisotopic (exact) mass is 374 g/mol. The van der Waals surface area contributed by atoms with E-state index in [9.17, 15) is 13.2 Å². The first-order valence-electron chi connectivity index (χ1n) is 8.57. The molecule has 0 aliphatic heterocycles. The van der Waals surface area contributed by atoms with Crippen LogP contribution in [0.4, 0.5) is 5.69 Å². The summed E-state index contributed by atoms with van der Waals surface area (Å²) in [5.41, 5.74) is 3.53. The lowest BCUT2D eigenvalue weighted by Crippen LogP contribution is -2.40. The van der Waals surface area contributed by atoms with Gasteiger partial charge in [0, 0.05) is 6.54 Å². The molecule has 0 atom stereocenters. The molecule has 0 fully saturated rings. The van der Waals surface area contributed by atoms with Crippen molar-refractivity contribution in [2.24, 2.45) is 0 Å². The molecule has 0 aromatic heterocycles. The van der Waals surface area contributed by atoms with Crippen molar-refractivity contribution in [2.75, 3.05) is 17.1 Å². The van der Waals surface area contributed by atoms with E-state index in [-0.39, 0.29) is 18.4 Å². The van der Waals surface area contributed by atoms with Crippen molar-refractivity contribution in [3.05, 3.63) is 65.2 Å². The molecule has 6 heteroatoms. The van der Waals surface area contributed by atoms with E-state index in [2.05, 4.69) is 5.32 Å². The topological polar surface area (TPSA) is 66.5 Å². The Kier molecular flexibility index (Phi) is 6.42. The minimum atomic E-state index is -3.59. The largest absolute Gasteiger partial charge is 0.350 e. The van der Waals surface area contributed by atoms with Crippen LogP contribution in [0.25, 0.3) is 0 Å². The number of rotatable bonds is 7. The summed E-state index contributed by atoms with van der Waals surface area (Å²) in [5.74, 6) is -0.193. The van der Waals surface area contributed by atoms with Crippen molar-refractivity contribution >= 4 is 21.6 Å². The molecule has 0 heterocycles. The number of carbonyl (C=O) groups is 1. The zero-order valence-corrected chi connectivity index (χ0v) is 16.5. The highest BCUT2D eigenvalue weighted by molar-refractivity contribution is 7.92. The number of sulfonamides is 1. The van der Waals surface area contributed by atoms with Crippen LogP contribution in [0, 0.1) is 6.92 Å². The van der Waals surface area contributed by atoms with Gasteiger partial charge >= 0.3 is 0 Å². The van der Waals surface area contributed by atoms with Gasteiger partial charge in [0.25, 0.3) is 0 Å². The summed E-state index contributed by atoms with van der Waals surface area (Å²) in [6.45, 7) is 6.10. The van der Waals surface area contributed by atoms with E-state index in [1.165, 1.54) is 4.31 Å². The summed E-state index contributed by atoms with van der Waals surface area (Å²) in [5, 5.41) is 2.80. The molecule has 0 aliphatic carbocycles. The predicted molar refractivity (Wildman–Crippen MR) is 106 cm³/mol. The molecular formula is C20H26N2O3S. The van der Waals surface area contributed by atoms with Crippen molar-refractivity contribution < 1.29 is 13.2 Å². The van der Waals surface area contributed by atoms with Crippen LogP contribution in [-0.2, 0) is 21.4 Å². The maximum absolute atomic E-state index is 12.4. The summed E-state index contributed by atoms with van der Waals surface area (Å²) in [6, 6.07) is 15.1. The van der Waals surface area contributed by atoms with E-state index >= 15 is 0 Å². The number of hydrogen-bond donors (Lipinski definition) is 1. The predicted octanol–water partition coefficient (Wildman–Crippen LogP) is 3.20. The number of nitrogens with zero attached hydrogens (tertiary/aromatic N) is 1. The third-order valence-electron chi connectivity index (χ3n) is 4.09. The summed E-state index contributed by atoms with van der Waals surface area (Å²) in [4.78, 5) is 12.4. The number of anilines is 1. The van der Waals surface area contributed by atoms with Crippen LogP contribution < -0.4 is 9.62 Å². The Morgan fingerprint density at radius 1 is 1.12 bits per heavy atom. The van der Waals surface area contributed by atoms with Crippen LogP contribution in [0.1, 0.15) is 36.5 Å². The van der Waals surface area contributed by atoms with E-state index in [0.29, 0.717) is 12.2 Å². The molecule has 2 aromatic carbocycles. The first kappa shape index (κ1) is 20.0. The molecule has 26 heavy (non-hydrogen) atoms. The summed E-state index contributed by atoms with van der Waals surface area (Å²) >= 11 is 0. The van der Waals surface area contributed by atoms with Crippen molar-refractivity contribution in [3.63, 3.8) is 0 Å². The highest BCUT2D eigenvalue weighted by Gasteiger charge is 2.23. The second-order valence-corrected chi connectivity index (χ2v) is 8.66. The molecular weight excluding hydrogens is 348 g/mol. The molecule has 0 saturated carbocycles. The number of benzene rings is 2. The molecule has 5 nitrogen and oxygen atoms in total.